The molecule has 1 aliphatic rings. The molecule has 0 spiro atoms. The van der Waals surface area contributed by atoms with Crippen LogP contribution >= 0.6 is 0 Å². The number of halogens is 2. The van der Waals surface area contributed by atoms with Gasteiger partial charge in [0, 0.05) is 12.5 Å². The van der Waals surface area contributed by atoms with Crippen molar-refractivity contribution in [3.63, 3.8) is 0 Å². The van der Waals surface area contributed by atoms with E-state index < -0.39 is 17.4 Å². The van der Waals surface area contributed by atoms with Crippen LogP contribution < -0.4 is 10.1 Å². The monoisotopic (exact) mass is 295 g/mol. The van der Waals surface area contributed by atoms with Crippen molar-refractivity contribution in [1.29, 1.82) is 0 Å². The van der Waals surface area contributed by atoms with E-state index in [9.17, 15) is 8.78 Å². The molecule has 0 aliphatic heterocycles. The lowest BCUT2D eigenvalue weighted by molar-refractivity contribution is 0.224. The highest BCUT2D eigenvalue weighted by molar-refractivity contribution is 5.31. The van der Waals surface area contributed by atoms with Crippen molar-refractivity contribution in [2.24, 2.45) is 0 Å². The average molecular weight is 295 g/mol. The zero-order chi connectivity index (χ0) is 14.8. The molecule has 0 radical (unpaired) electrons. The topological polar surface area (TPSA) is 60.2 Å². The van der Waals surface area contributed by atoms with Gasteiger partial charge in [-0.25, -0.2) is 8.78 Å². The maximum absolute atomic E-state index is 13.8. The molecule has 0 unspecified atom stereocenters. The van der Waals surface area contributed by atoms with Crippen molar-refractivity contribution in [3.8, 4) is 5.75 Å². The summed E-state index contributed by atoms with van der Waals surface area (Å²) < 4.78 is 37.8. The third-order valence-corrected chi connectivity index (χ3v) is 3.21. The number of rotatable bonds is 6. The zero-order valence-corrected chi connectivity index (χ0v) is 11.5. The predicted molar refractivity (Wildman–Crippen MR) is 69.7 cm³/mol. The Morgan fingerprint density at radius 2 is 2.05 bits per heavy atom. The molecule has 1 saturated carbocycles. The number of hydrogen-bond donors (Lipinski definition) is 1. The molecule has 0 bridgehead atoms. The first-order valence-corrected chi connectivity index (χ1v) is 6.75. The molecule has 0 amide bonds. The molecule has 0 saturated heterocycles. The van der Waals surface area contributed by atoms with Crippen molar-refractivity contribution in [3.05, 3.63) is 41.0 Å². The van der Waals surface area contributed by atoms with E-state index in [0.29, 0.717) is 23.9 Å². The fraction of sp³-hybridized carbons (Fsp3) is 0.429. The van der Waals surface area contributed by atoms with Gasteiger partial charge in [-0.2, -0.15) is 4.98 Å². The highest BCUT2D eigenvalue weighted by Crippen LogP contribution is 2.38. The number of nitrogens with one attached hydrogen (secondary N) is 1. The number of hydrogen-bond acceptors (Lipinski definition) is 5. The molecular formula is C14H15F2N3O2. The van der Waals surface area contributed by atoms with Crippen LogP contribution in [0.25, 0.3) is 0 Å². The Labute approximate surface area is 120 Å². The first-order chi connectivity index (χ1) is 10.2. The second-order valence-corrected chi connectivity index (χ2v) is 5.03. The summed E-state index contributed by atoms with van der Waals surface area (Å²) in [5, 5.41) is 6.64. The lowest BCUT2D eigenvalue weighted by Gasteiger charge is -2.08. The molecule has 1 aromatic heterocycles. The smallest absolute Gasteiger partial charge is 0.264 e. The van der Waals surface area contributed by atoms with E-state index in [1.54, 1.807) is 7.05 Å². The van der Waals surface area contributed by atoms with Crippen molar-refractivity contribution < 1.29 is 18.0 Å². The number of aromatic nitrogens is 2. The summed E-state index contributed by atoms with van der Waals surface area (Å²) in [4.78, 5) is 4.14. The minimum Gasteiger partial charge on any atom is -0.478 e. The molecule has 5 nitrogen and oxygen atoms in total. The molecule has 2 aromatic rings. The van der Waals surface area contributed by atoms with Crippen LogP contribution in [0.2, 0.25) is 0 Å². The minimum absolute atomic E-state index is 0.154. The van der Waals surface area contributed by atoms with Crippen LogP contribution in [0.4, 0.5) is 8.78 Å². The third kappa shape index (κ3) is 3.18. The van der Waals surface area contributed by atoms with E-state index in [-0.39, 0.29) is 12.5 Å². The Balaban J connectivity index is 1.68. The van der Waals surface area contributed by atoms with Gasteiger partial charge in [-0.1, -0.05) is 5.16 Å². The maximum Gasteiger partial charge on any atom is 0.264 e. The van der Waals surface area contributed by atoms with Crippen molar-refractivity contribution in [2.45, 2.75) is 31.9 Å². The summed E-state index contributed by atoms with van der Waals surface area (Å²) >= 11 is 0. The lowest BCUT2D eigenvalue weighted by Crippen LogP contribution is -2.07. The van der Waals surface area contributed by atoms with E-state index in [2.05, 4.69) is 15.5 Å². The number of nitrogens with zero attached hydrogens (tertiary/aromatic N) is 2. The Kier molecular flexibility index (Phi) is 3.83. The molecular weight excluding hydrogens is 280 g/mol. The number of benzene rings is 1. The van der Waals surface area contributed by atoms with E-state index in [1.807, 2.05) is 0 Å². The summed E-state index contributed by atoms with van der Waals surface area (Å²) in [5.41, 5.74) is 0.508. The van der Waals surface area contributed by atoms with Crippen LogP contribution in [0.3, 0.4) is 0 Å². The fourth-order valence-electron chi connectivity index (χ4n) is 2.02. The Morgan fingerprint density at radius 3 is 2.67 bits per heavy atom. The third-order valence-electron chi connectivity index (χ3n) is 3.21. The first-order valence-electron chi connectivity index (χ1n) is 6.75. The minimum atomic E-state index is -0.748. The Hall–Kier alpha value is -2.02. The van der Waals surface area contributed by atoms with Crippen LogP contribution in [-0.2, 0) is 13.2 Å². The SMILES string of the molecule is CNCc1cc(F)c(OCc2nc(C3CC3)no2)c(F)c1. The van der Waals surface area contributed by atoms with Gasteiger partial charge in [-0.05, 0) is 37.6 Å². The van der Waals surface area contributed by atoms with E-state index in [4.69, 9.17) is 9.26 Å². The normalized spacial score (nSPS) is 14.4. The largest absolute Gasteiger partial charge is 0.478 e. The molecule has 21 heavy (non-hydrogen) atoms. The second-order valence-electron chi connectivity index (χ2n) is 5.03. The molecule has 1 aromatic carbocycles. The maximum atomic E-state index is 13.8. The van der Waals surface area contributed by atoms with Gasteiger partial charge >= 0.3 is 0 Å². The van der Waals surface area contributed by atoms with Gasteiger partial charge in [0.1, 0.15) is 0 Å². The molecule has 7 heteroatoms. The molecule has 3 rings (SSSR count). The van der Waals surface area contributed by atoms with Gasteiger partial charge in [0.25, 0.3) is 5.89 Å². The summed E-state index contributed by atoms with van der Waals surface area (Å²) in [5.74, 6) is -0.712. The summed E-state index contributed by atoms with van der Waals surface area (Å²) in [6.07, 6.45) is 2.10. The van der Waals surface area contributed by atoms with Gasteiger partial charge in [-0.15, -0.1) is 0 Å². The molecule has 1 N–H and O–H groups in total. The van der Waals surface area contributed by atoms with Gasteiger partial charge in [0.2, 0.25) is 0 Å². The highest BCUT2D eigenvalue weighted by Gasteiger charge is 2.28. The quantitative estimate of drug-likeness (QED) is 0.887. The average Bonchev–Trinajstić information content (AvgIpc) is 3.18. The summed E-state index contributed by atoms with van der Waals surface area (Å²) in [6.45, 7) is 0.224. The molecule has 1 heterocycles. The van der Waals surface area contributed by atoms with Crippen LogP contribution in [0.15, 0.2) is 16.7 Å². The first kappa shape index (κ1) is 13.9. The van der Waals surface area contributed by atoms with Gasteiger partial charge in [0.05, 0.1) is 0 Å². The van der Waals surface area contributed by atoms with Crippen LogP contribution in [-0.4, -0.2) is 17.2 Å². The molecule has 1 aliphatic carbocycles. The lowest BCUT2D eigenvalue weighted by atomic mass is 10.2. The summed E-state index contributed by atoms with van der Waals surface area (Å²) in [6, 6.07) is 2.47. The highest BCUT2D eigenvalue weighted by atomic mass is 19.1. The van der Waals surface area contributed by atoms with E-state index >= 15 is 0 Å². The number of ether oxygens (including phenoxy) is 1. The Bertz CT molecular complexity index is 618. The van der Waals surface area contributed by atoms with Crippen molar-refractivity contribution in [2.75, 3.05) is 7.05 Å². The molecule has 112 valence electrons. The van der Waals surface area contributed by atoms with Gasteiger partial charge < -0.3 is 14.6 Å². The van der Waals surface area contributed by atoms with Gasteiger partial charge in [-0.3, -0.25) is 0 Å². The predicted octanol–water partition coefficient (Wildman–Crippen LogP) is 2.52. The van der Waals surface area contributed by atoms with E-state index in [1.165, 1.54) is 12.1 Å². The van der Waals surface area contributed by atoms with Crippen LogP contribution in [0.1, 0.15) is 36.0 Å². The standard InChI is InChI=1S/C14H15F2N3O2/c1-17-6-8-4-10(15)13(11(16)5-8)20-7-12-18-14(19-21-12)9-2-3-9/h4-5,9,17H,2-3,6-7H2,1H3. The summed E-state index contributed by atoms with van der Waals surface area (Å²) in [7, 11) is 1.70. The Morgan fingerprint density at radius 1 is 1.33 bits per heavy atom. The fourth-order valence-corrected chi connectivity index (χ4v) is 2.02. The zero-order valence-electron chi connectivity index (χ0n) is 11.5. The van der Waals surface area contributed by atoms with Crippen molar-refractivity contribution >= 4 is 0 Å². The van der Waals surface area contributed by atoms with Crippen LogP contribution in [0.5, 0.6) is 5.75 Å². The van der Waals surface area contributed by atoms with Crippen LogP contribution in [0, 0.1) is 11.6 Å². The molecule has 1 fully saturated rings. The molecule has 0 atom stereocenters. The second kappa shape index (κ2) is 5.77. The van der Waals surface area contributed by atoms with Gasteiger partial charge in [0.15, 0.2) is 29.8 Å². The van der Waals surface area contributed by atoms with Crippen molar-refractivity contribution in [1.82, 2.24) is 15.5 Å². The van der Waals surface area contributed by atoms with E-state index in [0.717, 1.165) is 12.8 Å².